The van der Waals surface area contributed by atoms with Gasteiger partial charge in [0.2, 0.25) is 0 Å². The number of nitrogens with zero attached hydrogens (tertiary/aromatic N) is 3. The largest absolute Gasteiger partial charge is 0.398 e. The van der Waals surface area contributed by atoms with Crippen LogP contribution in [0.2, 0.25) is 5.02 Å². The SMILES string of the molecule is CN(C)CCCN(C)c1ccc(N)c(C(=O)Nc2cc(C(=O)Nc3cccc(N4CCOCC4F)c3)ccc2Cl)c1. The number of nitrogen functional groups attached to an aromatic ring is 1. The minimum Gasteiger partial charge on any atom is -0.398 e. The number of carbonyl (C=O) groups excluding carboxylic acids is 2. The summed E-state index contributed by atoms with van der Waals surface area (Å²) in [6, 6.07) is 16.9. The number of amides is 2. The lowest BCUT2D eigenvalue weighted by Gasteiger charge is -2.32. The van der Waals surface area contributed by atoms with Gasteiger partial charge in [-0.15, -0.1) is 0 Å². The highest BCUT2D eigenvalue weighted by Crippen LogP contribution is 2.28. The number of alkyl halides is 1. The molecule has 1 atom stereocenters. The monoisotopic (exact) mass is 582 g/mol. The second-order valence-electron chi connectivity index (χ2n) is 10.2. The molecule has 0 saturated carbocycles. The normalized spacial score (nSPS) is 15.1. The summed E-state index contributed by atoms with van der Waals surface area (Å²) in [6.07, 6.45) is -0.288. The topological polar surface area (TPSA) is 103 Å². The molecule has 1 aliphatic rings. The molecule has 3 aromatic rings. The number of rotatable bonds is 10. The van der Waals surface area contributed by atoms with Crippen molar-refractivity contribution in [3.05, 3.63) is 76.8 Å². The van der Waals surface area contributed by atoms with Gasteiger partial charge in [0.05, 0.1) is 29.5 Å². The van der Waals surface area contributed by atoms with E-state index in [-0.39, 0.29) is 22.9 Å². The highest BCUT2D eigenvalue weighted by molar-refractivity contribution is 6.34. The van der Waals surface area contributed by atoms with Crippen LogP contribution in [0, 0.1) is 0 Å². The Kier molecular flexibility index (Phi) is 10.0. The molecule has 0 radical (unpaired) electrons. The zero-order chi connectivity index (χ0) is 29.5. The van der Waals surface area contributed by atoms with Gasteiger partial charge in [-0.3, -0.25) is 9.59 Å². The number of halogens is 2. The third-order valence-electron chi connectivity index (χ3n) is 6.80. The quantitative estimate of drug-likeness (QED) is 0.230. The van der Waals surface area contributed by atoms with Crippen molar-refractivity contribution in [1.82, 2.24) is 4.90 Å². The van der Waals surface area contributed by atoms with Gasteiger partial charge in [0.25, 0.3) is 11.8 Å². The van der Waals surface area contributed by atoms with Gasteiger partial charge in [-0.05, 0) is 81.7 Å². The van der Waals surface area contributed by atoms with Crippen LogP contribution in [-0.2, 0) is 4.74 Å². The number of ether oxygens (including phenoxy) is 1. The van der Waals surface area contributed by atoms with Crippen LogP contribution < -0.4 is 26.2 Å². The van der Waals surface area contributed by atoms with Crippen molar-refractivity contribution in [3.63, 3.8) is 0 Å². The summed E-state index contributed by atoms with van der Waals surface area (Å²) in [5.74, 6) is -0.849. The molecule has 0 aliphatic carbocycles. The van der Waals surface area contributed by atoms with Gasteiger partial charge in [0.1, 0.15) is 0 Å². The molecule has 3 aromatic carbocycles. The van der Waals surface area contributed by atoms with Crippen LogP contribution in [0.1, 0.15) is 27.1 Å². The number of benzene rings is 3. The molecule has 41 heavy (non-hydrogen) atoms. The summed E-state index contributed by atoms with van der Waals surface area (Å²) in [7, 11) is 6.02. The van der Waals surface area contributed by atoms with Gasteiger partial charge in [-0.2, -0.15) is 0 Å². The summed E-state index contributed by atoms with van der Waals surface area (Å²) in [5, 5.41) is 5.90. The number of carbonyl (C=O) groups is 2. The number of hydrogen-bond acceptors (Lipinski definition) is 7. The molecule has 0 aromatic heterocycles. The van der Waals surface area contributed by atoms with Crippen molar-refractivity contribution in [2.75, 3.05) is 80.2 Å². The first kappa shape index (κ1) is 30.1. The minimum atomic E-state index is -1.25. The lowest BCUT2D eigenvalue weighted by Crippen LogP contribution is -2.42. The van der Waals surface area contributed by atoms with Crippen molar-refractivity contribution in [3.8, 4) is 0 Å². The fourth-order valence-electron chi connectivity index (χ4n) is 4.51. The molecule has 11 heteroatoms. The fourth-order valence-corrected chi connectivity index (χ4v) is 4.68. The van der Waals surface area contributed by atoms with E-state index >= 15 is 0 Å². The Balaban J connectivity index is 1.46. The summed E-state index contributed by atoms with van der Waals surface area (Å²) in [5.41, 5.74) is 9.35. The van der Waals surface area contributed by atoms with Crippen LogP contribution in [-0.4, -0.2) is 77.0 Å². The van der Waals surface area contributed by atoms with Gasteiger partial charge in [0, 0.05) is 48.5 Å². The van der Waals surface area contributed by atoms with E-state index in [9.17, 15) is 14.0 Å². The molecule has 1 fully saturated rings. The van der Waals surface area contributed by atoms with E-state index < -0.39 is 18.1 Å². The molecular weight excluding hydrogens is 547 g/mol. The van der Waals surface area contributed by atoms with Gasteiger partial charge in [0.15, 0.2) is 6.30 Å². The third kappa shape index (κ3) is 7.87. The number of morpholine rings is 1. The first-order valence-corrected chi connectivity index (χ1v) is 13.8. The van der Waals surface area contributed by atoms with E-state index in [1.165, 1.54) is 6.07 Å². The molecule has 9 nitrogen and oxygen atoms in total. The van der Waals surface area contributed by atoms with E-state index in [0.29, 0.717) is 35.8 Å². The molecule has 0 spiro atoms. The summed E-state index contributed by atoms with van der Waals surface area (Å²) >= 11 is 6.38. The van der Waals surface area contributed by atoms with Crippen LogP contribution >= 0.6 is 11.6 Å². The molecule has 1 heterocycles. The van der Waals surface area contributed by atoms with Gasteiger partial charge < -0.3 is 35.8 Å². The molecule has 2 amide bonds. The van der Waals surface area contributed by atoms with Crippen LogP contribution in [0.25, 0.3) is 0 Å². The fraction of sp³-hybridized carbons (Fsp3) is 0.333. The smallest absolute Gasteiger partial charge is 0.257 e. The standard InChI is InChI=1S/C30H36ClFN6O3/c1-36(2)12-5-13-37(3)22-9-11-26(33)24(18-22)30(40)35-27-16-20(8-10-25(27)31)29(39)34-21-6-4-7-23(17-21)38-14-15-41-19-28(38)32/h4,6-11,16-18,28H,5,12-15,19,33H2,1-3H3,(H,34,39)(H,35,40). The number of anilines is 5. The van der Waals surface area contributed by atoms with Gasteiger partial charge in [-0.25, -0.2) is 4.39 Å². The summed E-state index contributed by atoms with van der Waals surface area (Å²) in [4.78, 5) is 32.1. The Labute approximate surface area is 245 Å². The highest BCUT2D eigenvalue weighted by atomic mass is 35.5. The number of nitrogens with one attached hydrogen (secondary N) is 2. The van der Waals surface area contributed by atoms with Crippen LogP contribution in [0.15, 0.2) is 60.7 Å². The summed E-state index contributed by atoms with van der Waals surface area (Å²) < 4.78 is 19.5. The van der Waals surface area contributed by atoms with Gasteiger partial charge >= 0.3 is 0 Å². The lowest BCUT2D eigenvalue weighted by molar-refractivity contribution is 0.0497. The van der Waals surface area contributed by atoms with Crippen molar-refractivity contribution in [2.24, 2.45) is 0 Å². The minimum absolute atomic E-state index is 0.000717. The first-order chi connectivity index (χ1) is 19.6. The second-order valence-corrected chi connectivity index (χ2v) is 10.6. The van der Waals surface area contributed by atoms with E-state index in [1.807, 2.05) is 27.2 Å². The second kappa shape index (κ2) is 13.7. The van der Waals surface area contributed by atoms with Crippen molar-refractivity contribution >= 4 is 51.9 Å². The lowest BCUT2D eigenvalue weighted by atomic mass is 10.1. The molecule has 1 aliphatic heterocycles. The molecule has 4 rings (SSSR count). The predicted octanol–water partition coefficient (Wildman–Crippen LogP) is 4.95. The third-order valence-corrected chi connectivity index (χ3v) is 7.13. The zero-order valence-electron chi connectivity index (χ0n) is 23.5. The Morgan fingerprint density at radius 3 is 2.61 bits per heavy atom. The Hall–Kier alpha value is -3.86. The molecule has 1 saturated heterocycles. The van der Waals surface area contributed by atoms with Crippen LogP contribution in [0.5, 0.6) is 0 Å². The van der Waals surface area contributed by atoms with Crippen molar-refractivity contribution < 1.29 is 18.7 Å². The van der Waals surface area contributed by atoms with Crippen molar-refractivity contribution in [2.45, 2.75) is 12.7 Å². The van der Waals surface area contributed by atoms with E-state index in [2.05, 4.69) is 20.4 Å². The van der Waals surface area contributed by atoms with Crippen molar-refractivity contribution in [1.29, 1.82) is 0 Å². The maximum Gasteiger partial charge on any atom is 0.257 e. The average molecular weight is 583 g/mol. The molecule has 4 N–H and O–H groups in total. The Bertz CT molecular complexity index is 1390. The highest BCUT2D eigenvalue weighted by Gasteiger charge is 2.23. The van der Waals surface area contributed by atoms with E-state index in [0.717, 1.165) is 25.2 Å². The molecule has 218 valence electrons. The zero-order valence-corrected chi connectivity index (χ0v) is 24.2. The van der Waals surface area contributed by atoms with Gasteiger partial charge in [-0.1, -0.05) is 17.7 Å². The van der Waals surface area contributed by atoms with Crippen LogP contribution in [0.4, 0.5) is 32.8 Å². The molecule has 0 bridgehead atoms. The van der Waals surface area contributed by atoms with E-state index in [4.69, 9.17) is 22.1 Å². The molecule has 1 unspecified atom stereocenters. The Morgan fingerprint density at radius 1 is 1.05 bits per heavy atom. The average Bonchev–Trinajstić information content (AvgIpc) is 2.94. The first-order valence-electron chi connectivity index (χ1n) is 13.4. The Morgan fingerprint density at radius 2 is 1.85 bits per heavy atom. The van der Waals surface area contributed by atoms with E-state index in [1.54, 1.807) is 53.4 Å². The number of hydrogen-bond donors (Lipinski definition) is 3. The van der Waals surface area contributed by atoms with Crippen LogP contribution in [0.3, 0.4) is 0 Å². The number of nitrogens with two attached hydrogens (primary N) is 1. The summed E-state index contributed by atoms with van der Waals surface area (Å²) in [6.45, 7) is 2.61. The molecular formula is C30H36ClFN6O3. The predicted molar refractivity (Wildman–Crippen MR) is 164 cm³/mol. The maximum atomic E-state index is 14.3. The maximum absolute atomic E-state index is 14.3.